The number of amides is 2. The van der Waals surface area contributed by atoms with Gasteiger partial charge in [-0.2, -0.15) is 0 Å². The van der Waals surface area contributed by atoms with Crippen LogP contribution in [0.1, 0.15) is 98.4 Å². The number of esters is 1. The molecule has 2 amide bonds. The van der Waals surface area contributed by atoms with Gasteiger partial charge in [0.25, 0.3) is 5.56 Å². The van der Waals surface area contributed by atoms with Crippen LogP contribution in [0, 0.1) is 18.2 Å². The van der Waals surface area contributed by atoms with Gasteiger partial charge in [-0.25, -0.2) is 23.9 Å². The van der Waals surface area contributed by atoms with Gasteiger partial charge in [0.05, 0.1) is 35.1 Å². The molecule has 0 spiro atoms. The maximum Gasteiger partial charge on any atom is 0.417 e. The minimum Gasteiger partial charge on any atom is -0.458 e. The molecule has 0 saturated carbocycles. The number of ether oxygens (including phenoxy) is 2. The third-order valence-corrected chi connectivity index (χ3v) is 10.7. The van der Waals surface area contributed by atoms with Crippen molar-refractivity contribution in [3.63, 3.8) is 0 Å². The van der Waals surface area contributed by atoms with Gasteiger partial charge in [-0.3, -0.25) is 9.59 Å². The number of aliphatic hydroxyl groups is 1. The second kappa shape index (κ2) is 12.2. The molecule has 7 rings (SSSR count). The van der Waals surface area contributed by atoms with Gasteiger partial charge in [-0.15, -0.1) is 0 Å². The van der Waals surface area contributed by atoms with Gasteiger partial charge in [0.1, 0.15) is 19.0 Å². The molecule has 0 saturated heterocycles. The van der Waals surface area contributed by atoms with Crippen LogP contribution < -0.4 is 5.56 Å². The van der Waals surface area contributed by atoms with E-state index in [-0.39, 0.29) is 37.3 Å². The molecule has 0 fully saturated rings. The second-order valence-electron chi connectivity index (χ2n) is 14.2. The minimum atomic E-state index is -2.02. The van der Waals surface area contributed by atoms with E-state index in [0.29, 0.717) is 64.7 Å². The number of hydrogen-bond donors (Lipinski definition) is 1. The number of carbonyl (C=O) groups excluding carboxylic acids is 3. The molecule has 2 aromatic heterocycles. The van der Waals surface area contributed by atoms with Crippen LogP contribution in [0.25, 0.3) is 22.3 Å². The highest BCUT2D eigenvalue weighted by Gasteiger charge is 2.47. The van der Waals surface area contributed by atoms with Gasteiger partial charge in [0.15, 0.2) is 5.60 Å². The summed E-state index contributed by atoms with van der Waals surface area (Å²) in [6.07, 6.45) is 1.12. The zero-order valence-electron chi connectivity index (χ0n) is 28.9. The molecule has 4 heterocycles. The Kier molecular flexibility index (Phi) is 8.16. The Labute approximate surface area is 288 Å². The van der Waals surface area contributed by atoms with Gasteiger partial charge in [-0.05, 0) is 60.9 Å². The average molecular weight is 682 g/mol. The maximum absolute atomic E-state index is 15.5. The summed E-state index contributed by atoms with van der Waals surface area (Å²) < 4.78 is 28.1. The quantitative estimate of drug-likeness (QED) is 0.193. The normalized spacial score (nSPS) is 19.0. The molecule has 2 atom stereocenters. The highest BCUT2D eigenvalue weighted by molar-refractivity contribution is 5.98. The predicted molar refractivity (Wildman–Crippen MR) is 182 cm³/mol. The Balaban J connectivity index is 1.45. The zero-order valence-corrected chi connectivity index (χ0v) is 28.9. The van der Waals surface area contributed by atoms with E-state index in [9.17, 15) is 24.3 Å². The van der Waals surface area contributed by atoms with Crippen molar-refractivity contribution < 1.29 is 33.4 Å². The number of imide groups is 1. The van der Waals surface area contributed by atoms with E-state index in [1.54, 1.807) is 19.9 Å². The van der Waals surface area contributed by atoms with E-state index in [2.05, 4.69) is 0 Å². The van der Waals surface area contributed by atoms with Gasteiger partial charge in [-0.1, -0.05) is 64.4 Å². The fraction of sp³-hybridized carbons (Fsp3) is 0.410. The number of benzene rings is 2. The Hall–Kier alpha value is -4.90. The molecule has 3 aliphatic rings. The summed E-state index contributed by atoms with van der Waals surface area (Å²) in [5, 5.41) is 12.0. The highest BCUT2D eigenvalue weighted by atomic mass is 19.1. The Bertz CT molecular complexity index is 2160. The first-order valence-corrected chi connectivity index (χ1v) is 17.2. The number of hydrogen-bond acceptors (Lipinski definition) is 8. The second-order valence-corrected chi connectivity index (χ2v) is 14.2. The molecule has 4 aromatic rings. The SMILES string of the molecule is CCCC(C)(C)C(=O)N(C(=O)OCc1ccccc1)C1CCc2c(C)c(F)cc3nc4c(c1c23)Cn1c-4cc2c(c1=O)COC(=O)C2(O)CC. The van der Waals surface area contributed by atoms with Crippen molar-refractivity contribution in [2.45, 2.75) is 98.1 Å². The van der Waals surface area contributed by atoms with Crippen LogP contribution in [0.4, 0.5) is 9.18 Å². The van der Waals surface area contributed by atoms with Crippen LogP contribution in [-0.4, -0.2) is 37.5 Å². The van der Waals surface area contributed by atoms with Crippen LogP contribution in [0.3, 0.4) is 0 Å². The van der Waals surface area contributed by atoms with Crippen molar-refractivity contribution in [2.75, 3.05) is 0 Å². The lowest BCUT2D eigenvalue weighted by molar-refractivity contribution is -0.172. The number of pyridine rings is 2. The van der Waals surface area contributed by atoms with E-state index >= 15 is 4.39 Å². The summed E-state index contributed by atoms with van der Waals surface area (Å²) >= 11 is 0. The molecule has 1 N–H and O–H groups in total. The number of nitrogens with zero attached hydrogens (tertiary/aromatic N) is 3. The van der Waals surface area contributed by atoms with Crippen molar-refractivity contribution in [3.8, 4) is 11.4 Å². The first-order chi connectivity index (χ1) is 23.8. The lowest BCUT2D eigenvalue weighted by atomic mass is 9.79. The number of rotatable bonds is 7. The fourth-order valence-electron chi connectivity index (χ4n) is 7.99. The molecule has 0 radical (unpaired) electrons. The number of aryl methyl sites for hydroxylation is 1. The molecule has 260 valence electrons. The van der Waals surface area contributed by atoms with Crippen molar-refractivity contribution in [2.24, 2.45) is 5.41 Å². The molecule has 2 aromatic carbocycles. The topological polar surface area (TPSA) is 128 Å². The van der Waals surface area contributed by atoms with E-state index in [4.69, 9.17) is 14.5 Å². The fourth-order valence-corrected chi connectivity index (χ4v) is 7.99. The molecule has 2 unspecified atom stereocenters. The smallest absolute Gasteiger partial charge is 0.417 e. The van der Waals surface area contributed by atoms with E-state index in [1.165, 1.54) is 15.5 Å². The lowest BCUT2D eigenvalue weighted by Gasteiger charge is -2.39. The van der Waals surface area contributed by atoms with Crippen LogP contribution in [-0.2, 0) is 50.8 Å². The zero-order chi connectivity index (χ0) is 35.7. The average Bonchev–Trinajstić information content (AvgIpc) is 3.47. The molecule has 10 nitrogen and oxygen atoms in total. The predicted octanol–water partition coefficient (Wildman–Crippen LogP) is 6.51. The van der Waals surface area contributed by atoms with E-state index in [1.807, 2.05) is 51.1 Å². The lowest BCUT2D eigenvalue weighted by Crippen LogP contribution is -2.47. The molecular formula is C39H40FN3O7. The Morgan fingerprint density at radius 3 is 2.58 bits per heavy atom. The number of carbonyl (C=O) groups is 3. The Morgan fingerprint density at radius 2 is 1.88 bits per heavy atom. The molecule has 11 heteroatoms. The summed E-state index contributed by atoms with van der Waals surface area (Å²) in [5.74, 6) is -1.67. The largest absolute Gasteiger partial charge is 0.458 e. The maximum atomic E-state index is 15.5. The third kappa shape index (κ3) is 5.04. The van der Waals surface area contributed by atoms with Crippen molar-refractivity contribution in [3.05, 3.63) is 97.6 Å². The van der Waals surface area contributed by atoms with E-state index in [0.717, 1.165) is 11.1 Å². The summed E-state index contributed by atoms with van der Waals surface area (Å²) in [5.41, 5.74) is 1.18. The molecular weight excluding hydrogens is 641 g/mol. The van der Waals surface area contributed by atoms with Gasteiger partial charge >= 0.3 is 12.1 Å². The van der Waals surface area contributed by atoms with Crippen LogP contribution in [0.15, 0.2) is 47.3 Å². The summed E-state index contributed by atoms with van der Waals surface area (Å²) in [4.78, 5) is 61.7. The van der Waals surface area contributed by atoms with E-state index < -0.39 is 46.4 Å². The number of aromatic nitrogens is 2. The van der Waals surface area contributed by atoms with Crippen LogP contribution in [0.5, 0.6) is 0 Å². The van der Waals surface area contributed by atoms with Gasteiger partial charge in [0, 0.05) is 28.0 Å². The first-order valence-electron chi connectivity index (χ1n) is 17.2. The first kappa shape index (κ1) is 33.6. The van der Waals surface area contributed by atoms with Crippen LogP contribution >= 0.6 is 0 Å². The van der Waals surface area contributed by atoms with Crippen LogP contribution in [0.2, 0.25) is 0 Å². The number of cyclic esters (lactones) is 1. The number of fused-ring (bicyclic) bond motifs is 5. The standard InChI is InChI=1S/C39H40FN3O7/c1-6-15-38(4,5)35(45)43(37(47)50-19-22-11-9-8-10-12-22)29-14-13-23-21(3)27(40)17-28-31(23)32(29)24-18-42-30(33(24)41-28)16-26-25(34(42)44)20-49-36(46)39(26,48)7-2/h8-12,16-17,29,48H,6-7,13-15,18-20H2,1-5H3. The highest BCUT2D eigenvalue weighted by Crippen LogP contribution is 2.48. The summed E-state index contributed by atoms with van der Waals surface area (Å²) in [6.45, 7) is 8.68. The minimum absolute atomic E-state index is 0.0172. The van der Waals surface area contributed by atoms with Crippen molar-refractivity contribution in [1.29, 1.82) is 0 Å². The molecule has 2 aliphatic heterocycles. The van der Waals surface area contributed by atoms with Gasteiger partial charge in [0.2, 0.25) is 5.91 Å². The molecule has 50 heavy (non-hydrogen) atoms. The van der Waals surface area contributed by atoms with Gasteiger partial charge < -0.3 is 19.1 Å². The third-order valence-electron chi connectivity index (χ3n) is 10.7. The van der Waals surface area contributed by atoms with Crippen molar-refractivity contribution in [1.82, 2.24) is 14.5 Å². The molecule has 0 bridgehead atoms. The molecule has 1 aliphatic carbocycles. The number of halogens is 1. The summed E-state index contributed by atoms with van der Waals surface area (Å²) in [6, 6.07) is 11.4. The Morgan fingerprint density at radius 1 is 1.14 bits per heavy atom. The monoisotopic (exact) mass is 681 g/mol. The summed E-state index contributed by atoms with van der Waals surface area (Å²) in [7, 11) is 0. The van der Waals surface area contributed by atoms with Crippen molar-refractivity contribution >= 4 is 28.9 Å².